The second kappa shape index (κ2) is 4.52. The summed E-state index contributed by atoms with van der Waals surface area (Å²) in [6, 6.07) is -0.499. The SMILES string of the molecule is CC(C)c1cnc(NC(=O)[C@H](C)N)s1. The summed E-state index contributed by atoms with van der Waals surface area (Å²) in [5, 5.41) is 3.28. The van der Waals surface area contributed by atoms with Gasteiger partial charge in [-0.1, -0.05) is 13.8 Å². The fourth-order valence-electron chi connectivity index (χ4n) is 0.831. The maximum absolute atomic E-state index is 11.2. The van der Waals surface area contributed by atoms with Gasteiger partial charge in [-0.25, -0.2) is 4.98 Å². The molecule has 3 N–H and O–H groups in total. The highest BCUT2D eigenvalue weighted by Gasteiger charge is 2.11. The van der Waals surface area contributed by atoms with Crippen molar-refractivity contribution in [2.45, 2.75) is 32.7 Å². The standard InChI is InChI=1S/C9H15N3OS/c1-5(2)7-4-11-9(14-7)12-8(13)6(3)10/h4-6H,10H2,1-3H3,(H,11,12,13)/t6-/m0/s1. The first-order valence-corrected chi connectivity index (χ1v) is 5.34. The van der Waals surface area contributed by atoms with E-state index in [-0.39, 0.29) is 5.91 Å². The fraction of sp³-hybridized carbons (Fsp3) is 0.556. The summed E-state index contributed by atoms with van der Waals surface area (Å²) in [4.78, 5) is 16.5. The van der Waals surface area contributed by atoms with Crippen LogP contribution >= 0.6 is 11.3 Å². The van der Waals surface area contributed by atoms with Crippen molar-refractivity contribution in [3.05, 3.63) is 11.1 Å². The summed E-state index contributed by atoms with van der Waals surface area (Å²) in [6.07, 6.45) is 1.78. The van der Waals surface area contributed by atoms with Gasteiger partial charge in [0.15, 0.2) is 5.13 Å². The first kappa shape index (κ1) is 11.1. The van der Waals surface area contributed by atoms with Crippen LogP contribution in [0.4, 0.5) is 5.13 Å². The summed E-state index contributed by atoms with van der Waals surface area (Å²) in [5.41, 5.74) is 5.42. The Morgan fingerprint density at radius 1 is 1.57 bits per heavy atom. The molecule has 78 valence electrons. The van der Waals surface area contributed by atoms with Gasteiger partial charge in [0.2, 0.25) is 5.91 Å². The molecule has 1 rings (SSSR count). The molecule has 0 aromatic carbocycles. The first-order valence-electron chi connectivity index (χ1n) is 4.53. The molecule has 0 spiro atoms. The fourth-order valence-corrected chi connectivity index (χ4v) is 1.65. The average Bonchev–Trinajstić information content (AvgIpc) is 2.52. The molecule has 0 radical (unpaired) electrons. The Kier molecular flexibility index (Phi) is 3.60. The molecule has 0 fully saturated rings. The zero-order chi connectivity index (χ0) is 10.7. The number of nitrogens with two attached hydrogens (primary N) is 1. The van der Waals surface area contributed by atoms with Crippen molar-refractivity contribution in [3.8, 4) is 0 Å². The molecular formula is C9H15N3OS. The van der Waals surface area contributed by atoms with Gasteiger partial charge in [-0.05, 0) is 12.8 Å². The molecule has 1 heterocycles. The minimum Gasteiger partial charge on any atom is -0.320 e. The van der Waals surface area contributed by atoms with Crippen LogP contribution in [0.5, 0.6) is 0 Å². The van der Waals surface area contributed by atoms with Crippen molar-refractivity contribution < 1.29 is 4.79 Å². The third-order valence-corrected chi connectivity index (χ3v) is 2.95. The number of nitrogens with one attached hydrogen (secondary N) is 1. The highest BCUT2D eigenvalue weighted by atomic mass is 32.1. The van der Waals surface area contributed by atoms with E-state index in [1.807, 2.05) is 0 Å². The summed E-state index contributed by atoms with van der Waals surface area (Å²) in [6.45, 7) is 5.82. The Balaban J connectivity index is 2.64. The van der Waals surface area contributed by atoms with Gasteiger partial charge in [-0.2, -0.15) is 0 Å². The molecule has 0 aliphatic rings. The number of carbonyl (C=O) groups excluding carboxylic acids is 1. The number of rotatable bonds is 3. The number of hydrogen-bond donors (Lipinski definition) is 2. The van der Waals surface area contributed by atoms with E-state index >= 15 is 0 Å². The zero-order valence-corrected chi connectivity index (χ0v) is 9.39. The van der Waals surface area contributed by atoms with Crippen LogP contribution in [-0.4, -0.2) is 16.9 Å². The van der Waals surface area contributed by atoms with Crippen LogP contribution in [0.1, 0.15) is 31.6 Å². The molecule has 0 bridgehead atoms. The van der Waals surface area contributed by atoms with Gasteiger partial charge in [0, 0.05) is 11.1 Å². The minimum atomic E-state index is -0.499. The van der Waals surface area contributed by atoms with E-state index < -0.39 is 6.04 Å². The Morgan fingerprint density at radius 2 is 2.21 bits per heavy atom. The Morgan fingerprint density at radius 3 is 2.64 bits per heavy atom. The van der Waals surface area contributed by atoms with Crippen LogP contribution in [-0.2, 0) is 4.79 Å². The molecular weight excluding hydrogens is 198 g/mol. The summed E-state index contributed by atoms with van der Waals surface area (Å²) >= 11 is 1.49. The van der Waals surface area contributed by atoms with Crippen molar-refractivity contribution in [1.82, 2.24) is 4.98 Å². The van der Waals surface area contributed by atoms with Gasteiger partial charge in [-0.15, -0.1) is 11.3 Å². The van der Waals surface area contributed by atoms with E-state index in [4.69, 9.17) is 5.73 Å². The van der Waals surface area contributed by atoms with Gasteiger partial charge in [0.25, 0.3) is 0 Å². The van der Waals surface area contributed by atoms with Crippen LogP contribution in [0, 0.1) is 0 Å². The van der Waals surface area contributed by atoms with Gasteiger partial charge in [-0.3, -0.25) is 4.79 Å². The predicted molar refractivity (Wildman–Crippen MR) is 58.5 cm³/mol. The van der Waals surface area contributed by atoms with E-state index in [0.29, 0.717) is 11.0 Å². The van der Waals surface area contributed by atoms with Crippen molar-refractivity contribution in [2.75, 3.05) is 5.32 Å². The zero-order valence-electron chi connectivity index (χ0n) is 8.57. The lowest BCUT2D eigenvalue weighted by Crippen LogP contribution is -2.32. The van der Waals surface area contributed by atoms with E-state index in [0.717, 1.165) is 4.88 Å². The third-order valence-electron chi connectivity index (χ3n) is 1.74. The molecule has 1 atom stereocenters. The van der Waals surface area contributed by atoms with Crippen LogP contribution in [0.3, 0.4) is 0 Å². The molecule has 14 heavy (non-hydrogen) atoms. The molecule has 4 nitrogen and oxygen atoms in total. The predicted octanol–water partition coefficient (Wildman–Crippen LogP) is 1.55. The van der Waals surface area contributed by atoms with Crippen LogP contribution in [0.25, 0.3) is 0 Å². The normalized spacial score (nSPS) is 12.9. The Hall–Kier alpha value is -0.940. The lowest BCUT2D eigenvalue weighted by atomic mass is 10.2. The molecule has 0 aliphatic heterocycles. The largest absolute Gasteiger partial charge is 0.320 e. The second-order valence-electron chi connectivity index (χ2n) is 3.50. The summed E-state index contributed by atoms with van der Waals surface area (Å²) in [5.74, 6) is 0.239. The molecule has 0 unspecified atom stereocenters. The maximum Gasteiger partial charge on any atom is 0.242 e. The van der Waals surface area contributed by atoms with E-state index in [9.17, 15) is 4.79 Å². The highest BCUT2D eigenvalue weighted by Crippen LogP contribution is 2.24. The highest BCUT2D eigenvalue weighted by molar-refractivity contribution is 7.15. The van der Waals surface area contributed by atoms with Gasteiger partial charge in [0.05, 0.1) is 6.04 Å². The summed E-state index contributed by atoms with van der Waals surface area (Å²) in [7, 11) is 0. The number of amides is 1. The second-order valence-corrected chi connectivity index (χ2v) is 4.56. The van der Waals surface area contributed by atoms with Gasteiger partial charge < -0.3 is 11.1 Å². The smallest absolute Gasteiger partial charge is 0.242 e. The number of nitrogens with zero attached hydrogens (tertiary/aromatic N) is 1. The van der Waals surface area contributed by atoms with Gasteiger partial charge in [0.1, 0.15) is 0 Å². The molecule has 5 heteroatoms. The Labute approximate surface area is 87.5 Å². The summed E-state index contributed by atoms with van der Waals surface area (Å²) < 4.78 is 0. The number of hydrogen-bond acceptors (Lipinski definition) is 4. The molecule has 0 aliphatic carbocycles. The van der Waals surface area contributed by atoms with Crippen LogP contribution in [0.2, 0.25) is 0 Å². The molecule has 1 aromatic heterocycles. The van der Waals surface area contributed by atoms with E-state index in [1.54, 1.807) is 13.1 Å². The minimum absolute atomic E-state index is 0.199. The quantitative estimate of drug-likeness (QED) is 0.800. The van der Waals surface area contributed by atoms with Crippen LogP contribution < -0.4 is 11.1 Å². The van der Waals surface area contributed by atoms with Crippen molar-refractivity contribution in [3.63, 3.8) is 0 Å². The number of thiazole rings is 1. The topological polar surface area (TPSA) is 68.0 Å². The lowest BCUT2D eigenvalue weighted by Gasteiger charge is -2.03. The molecule has 1 amide bonds. The number of anilines is 1. The lowest BCUT2D eigenvalue weighted by molar-refractivity contribution is -0.117. The van der Waals surface area contributed by atoms with Crippen molar-refractivity contribution in [2.24, 2.45) is 5.73 Å². The van der Waals surface area contributed by atoms with Crippen LogP contribution in [0.15, 0.2) is 6.20 Å². The van der Waals surface area contributed by atoms with E-state index in [2.05, 4.69) is 24.1 Å². The Bertz CT molecular complexity index is 320. The molecule has 0 saturated carbocycles. The molecule has 0 saturated heterocycles. The van der Waals surface area contributed by atoms with E-state index in [1.165, 1.54) is 11.3 Å². The van der Waals surface area contributed by atoms with Gasteiger partial charge >= 0.3 is 0 Å². The average molecular weight is 213 g/mol. The third kappa shape index (κ3) is 2.78. The first-order chi connectivity index (χ1) is 6.50. The number of aromatic nitrogens is 1. The monoisotopic (exact) mass is 213 g/mol. The molecule has 1 aromatic rings. The maximum atomic E-state index is 11.2. The number of carbonyl (C=O) groups is 1. The van der Waals surface area contributed by atoms with Crippen molar-refractivity contribution >= 4 is 22.4 Å². The van der Waals surface area contributed by atoms with Crippen molar-refractivity contribution in [1.29, 1.82) is 0 Å².